The zero-order chi connectivity index (χ0) is 14.2. The molecular weight excluding hydrogens is 306 g/mol. The highest BCUT2D eigenvalue weighted by Crippen LogP contribution is 2.30. The predicted molar refractivity (Wildman–Crippen MR) is 79.0 cm³/mol. The van der Waals surface area contributed by atoms with Gasteiger partial charge in [-0.2, -0.15) is 0 Å². The van der Waals surface area contributed by atoms with Crippen LogP contribution in [0.2, 0.25) is 0 Å². The Labute approximate surface area is 122 Å². The number of likely N-dealkylation sites (tertiary alicyclic amines) is 1. The molecule has 104 valence electrons. The Morgan fingerprint density at radius 3 is 2.79 bits per heavy atom. The molecule has 2 rings (SSSR count). The Kier molecular flexibility index (Phi) is 4.02. The van der Waals surface area contributed by atoms with Crippen molar-refractivity contribution in [3.8, 4) is 0 Å². The Morgan fingerprint density at radius 1 is 1.53 bits per heavy atom. The van der Waals surface area contributed by atoms with Crippen LogP contribution in [0, 0.1) is 6.92 Å². The van der Waals surface area contributed by atoms with Gasteiger partial charge in [0.15, 0.2) is 0 Å². The summed E-state index contributed by atoms with van der Waals surface area (Å²) in [6.45, 7) is 6.50. The minimum Gasteiger partial charge on any atom is -0.391 e. The topological polar surface area (TPSA) is 40.5 Å². The highest BCUT2D eigenvalue weighted by atomic mass is 79.9. The van der Waals surface area contributed by atoms with E-state index < -0.39 is 11.6 Å². The van der Waals surface area contributed by atoms with Gasteiger partial charge in [-0.1, -0.05) is 28.1 Å². The quantitative estimate of drug-likeness (QED) is 0.908. The molecule has 0 bridgehead atoms. The molecule has 1 N–H and O–H groups in total. The fourth-order valence-corrected chi connectivity index (χ4v) is 3.03. The number of halogens is 1. The van der Waals surface area contributed by atoms with E-state index in [2.05, 4.69) is 15.9 Å². The molecule has 0 saturated carbocycles. The summed E-state index contributed by atoms with van der Waals surface area (Å²) in [4.78, 5) is 14.2. The first kappa shape index (κ1) is 14.5. The molecule has 0 spiro atoms. The average molecular weight is 326 g/mol. The maximum atomic E-state index is 12.4. The van der Waals surface area contributed by atoms with E-state index in [1.54, 1.807) is 4.90 Å². The van der Waals surface area contributed by atoms with Crippen LogP contribution < -0.4 is 0 Å². The molecule has 1 fully saturated rings. The number of carbonyl (C=O) groups is 1. The summed E-state index contributed by atoms with van der Waals surface area (Å²) >= 11 is 3.49. The maximum absolute atomic E-state index is 12.4. The van der Waals surface area contributed by atoms with E-state index in [4.69, 9.17) is 0 Å². The number of carbonyl (C=O) groups excluding carboxylic acids is 1. The maximum Gasteiger partial charge on any atom is 0.227 e. The summed E-state index contributed by atoms with van der Waals surface area (Å²) in [5, 5.41) is 9.94. The lowest BCUT2D eigenvalue weighted by Crippen LogP contribution is -2.48. The largest absolute Gasteiger partial charge is 0.391 e. The van der Waals surface area contributed by atoms with Crippen molar-refractivity contribution in [3.63, 3.8) is 0 Å². The SMILES string of the molecule is Cc1c(Br)cccc1CC(=O)N1CCC(O)C1(C)C. The second-order valence-corrected chi connectivity index (χ2v) is 6.56. The van der Waals surface area contributed by atoms with E-state index in [9.17, 15) is 9.90 Å². The third kappa shape index (κ3) is 2.70. The van der Waals surface area contributed by atoms with E-state index in [1.807, 2.05) is 39.0 Å². The molecule has 1 atom stereocenters. The smallest absolute Gasteiger partial charge is 0.227 e. The van der Waals surface area contributed by atoms with E-state index in [0.29, 0.717) is 19.4 Å². The standard InChI is InChI=1S/C15H20BrNO2/c1-10-11(5-4-6-12(10)16)9-14(19)17-8-7-13(18)15(17,2)3/h4-6,13,18H,7-9H2,1-3H3. The summed E-state index contributed by atoms with van der Waals surface area (Å²) in [7, 11) is 0. The van der Waals surface area contributed by atoms with E-state index >= 15 is 0 Å². The highest BCUT2D eigenvalue weighted by molar-refractivity contribution is 9.10. The second kappa shape index (κ2) is 5.25. The normalized spacial score (nSPS) is 21.7. The van der Waals surface area contributed by atoms with Gasteiger partial charge in [0.1, 0.15) is 0 Å². The second-order valence-electron chi connectivity index (χ2n) is 5.70. The minimum absolute atomic E-state index is 0.0859. The van der Waals surface area contributed by atoms with Gasteiger partial charge in [0.25, 0.3) is 0 Å². The van der Waals surface area contributed by atoms with Crippen molar-refractivity contribution < 1.29 is 9.90 Å². The zero-order valence-electron chi connectivity index (χ0n) is 11.6. The number of amides is 1. The fraction of sp³-hybridized carbons (Fsp3) is 0.533. The lowest BCUT2D eigenvalue weighted by Gasteiger charge is -2.34. The van der Waals surface area contributed by atoms with Gasteiger partial charge in [0.2, 0.25) is 5.91 Å². The molecule has 4 heteroatoms. The predicted octanol–water partition coefficient (Wildman–Crippen LogP) is 2.67. The lowest BCUT2D eigenvalue weighted by atomic mass is 9.97. The minimum atomic E-state index is -0.461. The summed E-state index contributed by atoms with van der Waals surface area (Å²) in [6, 6.07) is 5.91. The van der Waals surface area contributed by atoms with Crippen LogP contribution in [-0.4, -0.2) is 34.1 Å². The van der Waals surface area contributed by atoms with Gasteiger partial charge < -0.3 is 10.0 Å². The Balaban J connectivity index is 2.16. The van der Waals surface area contributed by atoms with E-state index in [0.717, 1.165) is 15.6 Å². The van der Waals surface area contributed by atoms with Crippen molar-refractivity contribution in [2.24, 2.45) is 0 Å². The van der Waals surface area contributed by atoms with Crippen molar-refractivity contribution in [2.45, 2.75) is 45.3 Å². The molecule has 1 aliphatic heterocycles. The monoisotopic (exact) mass is 325 g/mol. The molecule has 0 aromatic heterocycles. The average Bonchev–Trinajstić information content (AvgIpc) is 2.60. The van der Waals surface area contributed by atoms with Gasteiger partial charge in [-0.15, -0.1) is 0 Å². The third-order valence-corrected chi connectivity index (χ3v) is 5.02. The summed E-state index contributed by atoms with van der Waals surface area (Å²) in [6.07, 6.45) is 0.623. The molecule has 0 radical (unpaired) electrons. The van der Waals surface area contributed by atoms with Crippen LogP contribution in [0.25, 0.3) is 0 Å². The summed E-state index contributed by atoms with van der Waals surface area (Å²) in [5.41, 5.74) is 1.68. The van der Waals surface area contributed by atoms with Crippen molar-refractivity contribution in [1.82, 2.24) is 4.90 Å². The fourth-order valence-electron chi connectivity index (χ4n) is 2.62. The van der Waals surface area contributed by atoms with Crippen molar-refractivity contribution in [2.75, 3.05) is 6.54 Å². The van der Waals surface area contributed by atoms with E-state index in [-0.39, 0.29) is 5.91 Å². The van der Waals surface area contributed by atoms with Gasteiger partial charge >= 0.3 is 0 Å². The number of benzene rings is 1. The molecule has 1 aliphatic rings. The number of hydrogen-bond acceptors (Lipinski definition) is 2. The number of nitrogens with zero attached hydrogens (tertiary/aromatic N) is 1. The molecule has 19 heavy (non-hydrogen) atoms. The van der Waals surface area contributed by atoms with Crippen LogP contribution in [-0.2, 0) is 11.2 Å². The third-order valence-electron chi connectivity index (χ3n) is 4.16. The molecule has 3 nitrogen and oxygen atoms in total. The summed E-state index contributed by atoms with van der Waals surface area (Å²) < 4.78 is 1.03. The number of hydrogen-bond donors (Lipinski definition) is 1. The zero-order valence-corrected chi connectivity index (χ0v) is 13.2. The van der Waals surface area contributed by atoms with E-state index in [1.165, 1.54) is 0 Å². The molecular formula is C15H20BrNO2. The molecule has 1 unspecified atom stereocenters. The number of aliphatic hydroxyl groups excluding tert-OH is 1. The van der Waals surface area contributed by atoms with Crippen LogP contribution in [0.3, 0.4) is 0 Å². The first-order valence-corrected chi connectivity index (χ1v) is 7.36. The van der Waals surface area contributed by atoms with Crippen LogP contribution in [0.5, 0.6) is 0 Å². The molecule has 1 saturated heterocycles. The molecule has 1 heterocycles. The van der Waals surface area contributed by atoms with Crippen LogP contribution in [0.1, 0.15) is 31.4 Å². The van der Waals surface area contributed by atoms with Crippen LogP contribution in [0.15, 0.2) is 22.7 Å². The number of rotatable bonds is 2. The van der Waals surface area contributed by atoms with Gasteiger partial charge in [-0.3, -0.25) is 4.79 Å². The Bertz CT molecular complexity index is 499. The van der Waals surface area contributed by atoms with Crippen LogP contribution in [0.4, 0.5) is 0 Å². The molecule has 1 aromatic rings. The van der Waals surface area contributed by atoms with Crippen LogP contribution >= 0.6 is 15.9 Å². The lowest BCUT2D eigenvalue weighted by molar-refractivity contribution is -0.135. The van der Waals surface area contributed by atoms with Gasteiger partial charge in [0.05, 0.1) is 18.1 Å². The van der Waals surface area contributed by atoms with Gasteiger partial charge in [0, 0.05) is 11.0 Å². The molecule has 0 aliphatic carbocycles. The van der Waals surface area contributed by atoms with Gasteiger partial charge in [-0.05, 0) is 44.4 Å². The first-order chi connectivity index (χ1) is 8.84. The van der Waals surface area contributed by atoms with Crippen molar-refractivity contribution in [1.29, 1.82) is 0 Å². The Hall–Kier alpha value is -0.870. The molecule has 1 amide bonds. The van der Waals surface area contributed by atoms with Crippen molar-refractivity contribution >= 4 is 21.8 Å². The van der Waals surface area contributed by atoms with Gasteiger partial charge in [-0.25, -0.2) is 0 Å². The van der Waals surface area contributed by atoms with Crippen molar-refractivity contribution in [3.05, 3.63) is 33.8 Å². The molecule has 1 aromatic carbocycles. The highest BCUT2D eigenvalue weighted by Gasteiger charge is 2.42. The first-order valence-electron chi connectivity index (χ1n) is 6.56. The Morgan fingerprint density at radius 2 is 2.21 bits per heavy atom. The number of aliphatic hydroxyl groups is 1. The summed E-state index contributed by atoms with van der Waals surface area (Å²) in [5.74, 6) is 0.0859.